The lowest BCUT2D eigenvalue weighted by Crippen LogP contribution is -2.44. The molecule has 0 aliphatic carbocycles. The van der Waals surface area contributed by atoms with Gasteiger partial charge in [0, 0.05) is 25.2 Å². The Balaban J connectivity index is 1.98. The predicted molar refractivity (Wildman–Crippen MR) is 74.9 cm³/mol. The van der Waals surface area contributed by atoms with E-state index in [0.717, 1.165) is 25.9 Å². The second-order valence-electron chi connectivity index (χ2n) is 5.29. The van der Waals surface area contributed by atoms with Gasteiger partial charge in [0.25, 0.3) is 0 Å². The van der Waals surface area contributed by atoms with Crippen molar-refractivity contribution in [1.82, 2.24) is 4.90 Å². The number of hydrogen-bond donors (Lipinski definition) is 1. The first-order chi connectivity index (χ1) is 9.10. The van der Waals surface area contributed by atoms with E-state index < -0.39 is 0 Å². The Bertz CT molecular complexity index is 430. The highest BCUT2D eigenvalue weighted by molar-refractivity contribution is 5.89. The largest absolute Gasteiger partial charge is 0.465 e. The molecule has 1 fully saturated rings. The molecule has 0 bridgehead atoms. The van der Waals surface area contributed by atoms with Crippen molar-refractivity contribution in [3.63, 3.8) is 0 Å². The molecule has 1 aliphatic rings. The highest BCUT2D eigenvalue weighted by Gasteiger charge is 2.22. The quantitative estimate of drug-likeness (QED) is 0.844. The minimum Gasteiger partial charge on any atom is -0.465 e. The van der Waals surface area contributed by atoms with Crippen molar-refractivity contribution in [3.05, 3.63) is 35.4 Å². The van der Waals surface area contributed by atoms with Gasteiger partial charge in [-0.25, -0.2) is 4.79 Å². The first kappa shape index (κ1) is 14.0. The van der Waals surface area contributed by atoms with Gasteiger partial charge in [-0.15, -0.1) is 0 Å². The van der Waals surface area contributed by atoms with Gasteiger partial charge in [0.1, 0.15) is 0 Å². The molecular formula is C15H22N2O2. The fourth-order valence-electron chi connectivity index (χ4n) is 2.59. The average Bonchev–Trinajstić information content (AvgIpc) is 2.42. The van der Waals surface area contributed by atoms with Crippen LogP contribution in [0.3, 0.4) is 0 Å². The van der Waals surface area contributed by atoms with Gasteiger partial charge < -0.3 is 10.5 Å². The summed E-state index contributed by atoms with van der Waals surface area (Å²) in [6, 6.07) is 8.49. The van der Waals surface area contributed by atoms with E-state index in [0.29, 0.717) is 17.6 Å². The van der Waals surface area contributed by atoms with E-state index in [9.17, 15) is 4.79 Å². The van der Waals surface area contributed by atoms with E-state index >= 15 is 0 Å². The molecule has 1 saturated heterocycles. The highest BCUT2D eigenvalue weighted by Crippen LogP contribution is 2.19. The van der Waals surface area contributed by atoms with Crippen LogP contribution < -0.4 is 5.73 Å². The first-order valence-electron chi connectivity index (χ1n) is 6.77. The summed E-state index contributed by atoms with van der Waals surface area (Å²) >= 11 is 0. The summed E-state index contributed by atoms with van der Waals surface area (Å²) in [6.07, 6.45) is 2.12. The number of carbonyl (C=O) groups is 1. The molecule has 2 rings (SSSR count). The van der Waals surface area contributed by atoms with Gasteiger partial charge >= 0.3 is 5.97 Å². The van der Waals surface area contributed by atoms with Crippen LogP contribution >= 0.6 is 0 Å². The second kappa shape index (κ2) is 6.17. The maximum absolute atomic E-state index is 11.4. The van der Waals surface area contributed by atoms with E-state index in [4.69, 9.17) is 10.5 Å². The number of methoxy groups -OCH3 is 1. The van der Waals surface area contributed by atoms with Gasteiger partial charge in [0.05, 0.1) is 12.7 Å². The van der Waals surface area contributed by atoms with E-state index in [2.05, 4.69) is 11.8 Å². The molecule has 104 valence electrons. The number of ether oxygens (including phenoxy) is 1. The van der Waals surface area contributed by atoms with Crippen LogP contribution in [-0.4, -0.2) is 36.6 Å². The van der Waals surface area contributed by atoms with Crippen LogP contribution in [0.1, 0.15) is 35.7 Å². The van der Waals surface area contributed by atoms with Gasteiger partial charge in [0.15, 0.2) is 0 Å². The molecule has 0 saturated carbocycles. The molecule has 2 N–H and O–H groups in total. The number of rotatable bonds is 3. The Morgan fingerprint density at radius 2 is 2.11 bits per heavy atom. The molecule has 19 heavy (non-hydrogen) atoms. The second-order valence-corrected chi connectivity index (χ2v) is 5.29. The molecule has 1 heterocycles. The lowest BCUT2D eigenvalue weighted by Gasteiger charge is -2.36. The average molecular weight is 262 g/mol. The van der Waals surface area contributed by atoms with E-state index in [1.54, 1.807) is 0 Å². The van der Waals surface area contributed by atoms with Gasteiger partial charge in [0.2, 0.25) is 0 Å². The number of benzene rings is 1. The number of nitrogens with zero attached hydrogens (tertiary/aromatic N) is 1. The first-order valence-corrected chi connectivity index (χ1v) is 6.77. The number of esters is 1. The van der Waals surface area contributed by atoms with E-state index in [-0.39, 0.29) is 5.97 Å². The lowest BCUT2D eigenvalue weighted by molar-refractivity contribution is 0.0600. The van der Waals surface area contributed by atoms with Gasteiger partial charge in [-0.3, -0.25) is 4.90 Å². The van der Waals surface area contributed by atoms with Gasteiger partial charge in [-0.2, -0.15) is 0 Å². The molecule has 0 amide bonds. The van der Waals surface area contributed by atoms with Crippen molar-refractivity contribution >= 4 is 5.97 Å². The normalized spacial score (nSPS) is 24.2. The van der Waals surface area contributed by atoms with Crippen molar-refractivity contribution in [2.45, 2.75) is 38.4 Å². The summed E-state index contributed by atoms with van der Waals surface area (Å²) in [5.74, 6) is -0.288. The number of nitrogens with two attached hydrogens (primary N) is 1. The van der Waals surface area contributed by atoms with Crippen LogP contribution in [0.25, 0.3) is 0 Å². The number of hydrogen-bond acceptors (Lipinski definition) is 4. The zero-order valence-electron chi connectivity index (χ0n) is 11.6. The van der Waals surface area contributed by atoms with Crippen molar-refractivity contribution in [3.8, 4) is 0 Å². The Hall–Kier alpha value is -1.39. The zero-order chi connectivity index (χ0) is 13.8. The molecule has 0 radical (unpaired) electrons. The van der Waals surface area contributed by atoms with Crippen LogP contribution in [0.2, 0.25) is 0 Å². The number of piperidine rings is 1. The van der Waals surface area contributed by atoms with Crippen LogP contribution in [0.5, 0.6) is 0 Å². The molecule has 2 atom stereocenters. The summed E-state index contributed by atoms with van der Waals surface area (Å²) in [7, 11) is 1.40. The fourth-order valence-corrected chi connectivity index (χ4v) is 2.59. The molecule has 4 nitrogen and oxygen atoms in total. The van der Waals surface area contributed by atoms with E-state index in [1.165, 1.54) is 12.7 Å². The van der Waals surface area contributed by atoms with Crippen LogP contribution in [0.15, 0.2) is 24.3 Å². The molecule has 0 spiro atoms. The summed E-state index contributed by atoms with van der Waals surface area (Å²) in [5, 5.41) is 0. The topological polar surface area (TPSA) is 55.6 Å². The third-order valence-electron chi connectivity index (χ3n) is 3.82. The molecular weight excluding hydrogens is 240 g/mol. The summed E-state index contributed by atoms with van der Waals surface area (Å²) in [5.41, 5.74) is 7.79. The molecule has 4 heteroatoms. The maximum atomic E-state index is 11.4. The minimum atomic E-state index is -0.288. The summed E-state index contributed by atoms with van der Waals surface area (Å²) in [6.45, 7) is 4.18. The lowest BCUT2D eigenvalue weighted by atomic mass is 9.98. The molecule has 1 aromatic carbocycles. The smallest absolute Gasteiger partial charge is 0.337 e. The van der Waals surface area contributed by atoms with Crippen molar-refractivity contribution < 1.29 is 9.53 Å². The third-order valence-corrected chi connectivity index (χ3v) is 3.82. The SMILES string of the molecule is COC(=O)c1ccc(CN2CCC(N)CC2C)cc1. The monoisotopic (exact) mass is 262 g/mol. The van der Waals surface area contributed by atoms with Crippen LogP contribution in [0, 0.1) is 0 Å². The molecule has 0 aromatic heterocycles. The van der Waals surface area contributed by atoms with Gasteiger partial charge in [-0.05, 0) is 37.5 Å². The van der Waals surface area contributed by atoms with Crippen LogP contribution in [0.4, 0.5) is 0 Å². The summed E-state index contributed by atoms with van der Waals surface area (Å²) in [4.78, 5) is 13.8. The Morgan fingerprint density at radius 1 is 1.42 bits per heavy atom. The van der Waals surface area contributed by atoms with Gasteiger partial charge in [-0.1, -0.05) is 12.1 Å². The molecule has 2 unspecified atom stereocenters. The molecule has 1 aromatic rings. The number of carbonyl (C=O) groups excluding carboxylic acids is 1. The Kier molecular flexibility index (Phi) is 4.56. The Morgan fingerprint density at radius 3 is 2.68 bits per heavy atom. The maximum Gasteiger partial charge on any atom is 0.337 e. The van der Waals surface area contributed by atoms with Crippen molar-refractivity contribution in [2.24, 2.45) is 5.73 Å². The van der Waals surface area contributed by atoms with Crippen molar-refractivity contribution in [1.29, 1.82) is 0 Å². The predicted octanol–water partition coefficient (Wildman–Crippen LogP) is 1.78. The minimum absolute atomic E-state index is 0.288. The van der Waals surface area contributed by atoms with Crippen LogP contribution in [-0.2, 0) is 11.3 Å². The Labute approximate surface area is 114 Å². The molecule has 1 aliphatic heterocycles. The summed E-state index contributed by atoms with van der Waals surface area (Å²) < 4.78 is 4.69. The standard InChI is InChI=1S/C15H22N2O2/c1-11-9-14(16)7-8-17(11)10-12-3-5-13(6-4-12)15(18)19-2/h3-6,11,14H,7-10,16H2,1-2H3. The zero-order valence-corrected chi connectivity index (χ0v) is 11.6. The van der Waals surface area contributed by atoms with Crippen molar-refractivity contribution in [2.75, 3.05) is 13.7 Å². The number of likely N-dealkylation sites (tertiary alicyclic amines) is 1. The van der Waals surface area contributed by atoms with E-state index in [1.807, 2.05) is 24.3 Å². The highest BCUT2D eigenvalue weighted by atomic mass is 16.5. The fraction of sp³-hybridized carbons (Fsp3) is 0.533. The third kappa shape index (κ3) is 3.55.